The molecule has 0 amide bonds. The van der Waals surface area contributed by atoms with Gasteiger partial charge in [-0.25, -0.2) is 0 Å². The number of ether oxygens (including phenoxy) is 4. The summed E-state index contributed by atoms with van der Waals surface area (Å²) in [6, 6.07) is 0. The van der Waals surface area contributed by atoms with Gasteiger partial charge in [-0.15, -0.1) is 0 Å². The molecule has 0 unspecified atom stereocenters. The molecular formula is C34H66O6Si2. The highest BCUT2D eigenvalue weighted by Gasteiger charge is 2.49. The Kier molecular flexibility index (Phi) is 14.2. The van der Waals surface area contributed by atoms with Gasteiger partial charge in [-0.2, -0.15) is 0 Å². The van der Waals surface area contributed by atoms with Crippen LogP contribution in [0.3, 0.4) is 0 Å². The van der Waals surface area contributed by atoms with E-state index in [1.807, 2.05) is 13.8 Å². The van der Waals surface area contributed by atoms with Gasteiger partial charge < -0.3 is 27.8 Å². The molecule has 246 valence electrons. The standard InChI is InChI=1S/C34H66O6Si2/c1-15-35-23-37-31-27(19-17-21-29(31)39-41(11,12)33(7,8)25(3)4)28-20-18-22-30(32(28)38-24-36-16-2)40-42(13,14)34(9,10)26(5)6/h19-20,25-26,29-32H,15-18,21-24H2,1-14H3/t29-,30-,31+,32+/m0/s1. The predicted molar refractivity (Wildman–Crippen MR) is 180 cm³/mol. The van der Waals surface area contributed by atoms with E-state index in [1.165, 1.54) is 11.1 Å². The Balaban J connectivity index is 2.48. The summed E-state index contributed by atoms with van der Waals surface area (Å²) in [5.41, 5.74) is 2.35. The average Bonchev–Trinajstić information content (AvgIpc) is 2.89. The van der Waals surface area contributed by atoms with Crippen LogP contribution in [0.2, 0.25) is 36.3 Å². The van der Waals surface area contributed by atoms with Crippen molar-refractivity contribution in [3.8, 4) is 0 Å². The molecule has 0 saturated carbocycles. The third-order valence-electron chi connectivity index (χ3n) is 11.2. The molecule has 8 heteroatoms. The highest BCUT2D eigenvalue weighted by Crippen LogP contribution is 2.48. The Morgan fingerprint density at radius 3 is 1.29 bits per heavy atom. The van der Waals surface area contributed by atoms with Crippen LogP contribution in [0.4, 0.5) is 0 Å². The van der Waals surface area contributed by atoms with Gasteiger partial charge in [0, 0.05) is 13.2 Å². The summed E-state index contributed by atoms with van der Waals surface area (Å²) < 4.78 is 38.9. The zero-order valence-corrected chi connectivity index (χ0v) is 31.7. The molecule has 6 nitrogen and oxygen atoms in total. The SMILES string of the molecule is CCOCO[C@@H]1C(C2=CCC[C@H](O[Si](C)(C)C(C)(C)C(C)C)[C@@H]2OCOCC)=CCC[C@@H]1O[Si](C)(C)C(C)(C)C(C)C. The van der Waals surface area contributed by atoms with Crippen molar-refractivity contribution < 1.29 is 27.8 Å². The Bertz CT molecular complexity index is 820. The highest BCUT2D eigenvalue weighted by atomic mass is 28.4. The van der Waals surface area contributed by atoms with E-state index in [-0.39, 0.29) is 48.1 Å². The summed E-state index contributed by atoms with van der Waals surface area (Å²) in [4.78, 5) is 0. The van der Waals surface area contributed by atoms with Gasteiger partial charge in [0.1, 0.15) is 25.8 Å². The van der Waals surface area contributed by atoms with Gasteiger partial charge in [-0.3, -0.25) is 0 Å². The summed E-state index contributed by atoms with van der Waals surface area (Å²) in [5, 5.41) is 0.231. The minimum Gasteiger partial charge on any atom is -0.411 e. The van der Waals surface area contributed by atoms with Gasteiger partial charge in [0.15, 0.2) is 16.6 Å². The van der Waals surface area contributed by atoms with Crippen molar-refractivity contribution in [3.05, 3.63) is 23.3 Å². The lowest BCUT2D eigenvalue weighted by molar-refractivity contribution is -0.118. The van der Waals surface area contributed by atoms with Crippen molar-refractivity contribution in [2.45, 2.75) is 156 Å². The van der Waals surface area contributed by atoms with E-state index < -0.39 is 16.6 Å². The van der Waals surface area contributed by atoms with Crippen molar-refractivity contribution in [3.63, 3.8) is 0 Å². The van der Waals surface area contributed by atoms with Gasteiger partial charge in [-0.05, 0) is 98.8 Å². The lowest BCUT2D eigenvalue weighted by Gasteiger charge is -2.48. The zero-order chi connectivity index (χ0) is 31.9. The number of hydrogen-bond acceptors (Lipinski definition) is 6. The number of allylic oxidation sites excluding steroid dienone is 2. The molecule has 0 aromatic rings. The smallest absolute Gasteiger partial charge is 0.193 e. The first-order valence-electron chi connectivity index (χ1n) is 16.6. The molecule has 0 aromatic heterocycles. The molecule has 42 heavy (non-hydrogen) atoms. The van der Waals surface area contributed by atoms with Crippen LogP contribution in [0, 0.1) is 11.8 Å². The van der Waals surface area contributed by atoms with E-state index in [1.54, 1.807) is 0 Å². The van der Waals surface area contributed by atoms with Crippen molar-refractivity contribution >= 4 is 16.6 Å². The quantitative estimate of drug-likeness (QED) is 0.0911. The molecule has 0 aliphatic heterocycles. The maximum absolute atomic E-state index is 7.18. The van der Waals surface area contributed by atoms with Gasteiger partial charge in [0.05, 0.1) is 12.2 Å². The summed E-state index contributed by atoms with van der Waals surface area (Å²) in [6.45, 7) is 33.9. The number of rotatable bonds is 17. The van der Waals surface area contributed by atoms with Gasteiger partial charge in [-0.1, -0.05) is 67.5 Å². The average molecular weight is 627 g/mol. The Labute approximate surface area is 261 Å². The molecule has 0 aromatic carbocycles. The fourth-order valence-electron chi connectivity index (χ4n) is 5.80. The highest BCUT2D eigenvalue weighted by molar-refractivity contribution is 6.74. The van der Waals surface area contributed by atoms with Crippen LogP contribution in [0.1, 0.15) is 94.9 Å². The van der Waals surface area contributed by atoms with Crippen molar-refractivity contribution in [2.75, 3.05) is 26.8 Å². The Hall–Kier alpha value is -0.326. The molecule has 4 atom stereocenters. The molecule has 0 radical (unpaired) electrons. The summed E-state index contributed by atoms with van der Waals surface area (Å²) in [7, 11) is -4.22. The maximum Gasteiger partial charge on any atom is 0.193 e. The first-order chi connectivity index (χ1) is 19.4. The normalized spacial score (nSPS) is 24.8. The summed E-state index contributed by atoms with van der Waals surface area (Å²) in [6.07, 6.45) is 7.95. The predicted octanol–water partition coefficient (Wildman–Crippen LogP) is 9.24. The lowest BCUT2D eigenvalue weighted by Crippen LogP contribution is -2.53. The fraction of sp³-hybridized carbons (Fsp3) is 0.882. The molecule has 0 fully saturated rings. The topological polar surface area (TPSA) is 55.4 Å². The van der Waals surface area contributed by atoms with E-state index in [0.717, 1.165) is 25.7 Å². The van der Waals surface area contributed by atoms with Crippen LogP contribution < -0.4 is 0 Å². The molecule has 2 rings (SSSR count). The van der Waals surface area contributed by atoms with E-state index in [2.05, 4.69) is 93.7 Å². The minimum absolute atomic E-state index is 0.0365. The maximum atomic E-state index is 7.18. The monoisotopic (exact) mass is 626 g/mol. The minimum atomic E-state index is -2.11. The molecule has 0 N–H and O–H groups in total. The number of hydrogen-bond donors (Lipinski definition) is 0. The van der Waals surface area contributed by atoms with Gasteiger partial charge in [0.2, 0.25) is 0 Å². The molecule has 0 saturated heterocycles. The van der Waals surface area contributed by atoms with E-state index in [4.69, 9.17) is 27.8 Å². The summed E-state index contributed by atoms with van der Waals surface area (Å²) in [5.74, 6) is 1.05. The van der Waals surface area contributed by atoms with E-state index in [9.17, 15) is 0 Å². The molecule has 0 spiro atoms. The van der Waals surface area contributed by atoms with Crippen molar-refractivity contribution in [2.24, 2.45) is 11.8 Å². The third-order valence-corrected chi connectivity index (χ3v) is 20.4. The van der Waals surface area contributed by atoms with E-state index in [0.29, 0.717) is 25.0 Å². The molecule has 0 heterocycles. The Morgan fingerprint density at radius 2 is 1.00 bits per heavy atom. The first-order valence-corrected chi connectivity index (χ1v) is 22.4. The zero-order valence-electron chi connectivity index (χ0n) is 29.7. The van der Waals surface area contributed by atoms with Crippen LogP contribution in [-0.4, -0.2) is 67.9 Å². The van der Waals surface area contributed by atoms with Crippen molar-refractivity contribution in [1.29, 1.82) is 0 Å². The second kappa shape index (κ2) is 15.8. The lowest BCUT2D eigenvalue weighted by atomic mass is 9.81. The second-order valence-electron chi connectivity index (χ2n) is 15.0. The second-order valence-corrected chi connectivity index (χ2v) is 24.0. The van der Waals surface area contributed by atoms with Gasteiger partial charge >= 0.3 is 0 Å². The van der Waals surface area contributed by atoms with Crippen LogP contribution in [0.25, 0.3) is 0 Å². The molecule has 0 bridgehead atoms. The van der Waals surface area contributed by atoms with Crippen LogP contribution in [0.15, 0.2) is 23.3 Å². The summed E-state index contributed by atoms with van der Waals surface area (Å²) >= 11 is 0. The van der Waals surface area contributed by atoms with Crippen LogP contribution >= 0.6 is 0 Å². The van der Waals surface area contributed by atoms with Gasteiger partial charge in [0.25, 0.3) is 0 Å². The molecule has 2 aliphatic rings. The van der Waals surface area contributed by atoms with E-state index >= 15 is 0 Å². The Morgan fingerprint density at radius 1 is 0.667 bits per heavy atom. The fourth-order valence-corrected chi connectivity index (χ4v) is 11.2. The van der Waals surface area contributed by atoms with Crippen LogP contribution in [-0.2, 0) is 27.8 Å². The largest absolute Gasteiger partial charge is 0.411 e. The van der Waals surface area contributed by atoms with Crippen LogP contribution in [0.5, 0.6) is 0 Å². The third kappa shape index (κ3) is 8.90. The molecular weight excluding hydrogens is 561 g/mol. The van der Waals surface area contributed by atoms with Crippen molar-refractivity contribution in [1.82, 2.24) is 0 Å². The molecule has 2 aliphatic carbocycles. The first kappa shape index (κ1) is 37.9.